The number of aryl methyl sites for hydroxylation is 3. The van der Waals surface area contributed by atoms with Gasteiger partial charge in [-0.3, -0.25) is 4.79 Å². The van der Waals surface area contributed by atoms with Gasteiger partial charge in [0.1, 0.15) is 11.5 Å². The van der Waals surface area contributed by atoms with Crippen LogP contribution in [-0.2, 0) is 17.6 Å². The van der Waals surface area contributed by atoms with Crippen molar-refractivity contribution in [1.29, 1.82) is 0 Å². The summed E-state index contributed by atoms with van der Waals surface area (Å²) in [6.45, 7) is 2.01. The number of carboxylic acids is 1. The second kappa shape index (κ2) is 15.4. The van der Waals surface area contributed by atoms with Crippen LogP contribution in [0.25, 0.3) is 11.1 Å². The summed E-state index contributed by atoms with van der Waals surface area (Å²) in [5, 5.41) is 14.3. The number of thioether (sulfide) groups is 1. The molecule has 0 radical (unpaired) electrons. The molecule has 0 spiro atoms. The van der Waals surface area contributed by atoms with E-state index in [4.69, 9.17) is 4.74 Å². The van der Waals surface area contributed by atoms with E-state index >= 15 is 0 Å². The average Bonchev–Trinajstić information content (AvgIpc) is 2.95. The molecule has 40 heavy (non-hydrogen) atoms. The molecule has 7 heteroatoms. The van der Waals surface area contributed by atoms with Crippen molar-refractivity contribution in [1.82, 2.24) is 5.32 Å². The average molecular weight is 546 g/mol. The minimum absolute atomic E-state index is 0. The molecule has 0 aliphatic carbocycles. The molecular weight excluding hydrogens is 513 g/mol. The van der Waals surface area contributed by atoms with E-state index in [1.165, 1.54) is 17.3 Å². The number of hydrogen-bond acceptors (Lipinski definition) is 5. The Morgan fingerprint density at radius 3 is 2.12 bits per heavy atom. The topological polar surface area (TPSA) is 78.5 Å². The number of para-hydroxylation sites is 1. The van der Waals surface area contributed by atoms with Gasteiger partial charge in [-0.1, -0.05) is 66.7 Å². The van der Waals surface area contributed by atoms with Crippen LogP contribution in [0.1, 0.15) is 33.5 Å². The molecule has 0 heterocycles. The van der Waals surface area contributed by atoms with E-state index in [2.05, 4.69) is 17.4 Å². The van der Waals surface area contributed by atoms with Crippen molar-refractivity contribution in [2.24, 2.45) is 0 Å². The molecule has 0 aromatic heterocycles. The second-order valence-electron chi connectivity index (χ2n) is 9.38. The van der Waals surface area contributed by atoms with Gasteiger partial charge in [0.05, 0.1) is 12.0 Å². The van der Waals surface area contributed by atoms with Gasteiger partial charge in [0.25, 0.3) is 5.91 Å². The smallest absolute Gasteiger partial charge is 0.548 e. The SMILES string of the molecule is CSCC[C@H](NC(=O)c1ccc(CCc2ccc(Oc3ccccc3)cc2)cc1-c1ccccc1C)C(=O)[O-].[Li+]. The number of hydrogen-bond donors (Lipinski definition) is 1. The van der Waals surface area contributed by atoms with E-state index in [0.717, 1.165) is 46.6 Å². The van der Waals surface area contributed by atoms with Gasteiger partial charge in [-0.2, -0.15) is 11.8 Å². The fourth-order valence-electron chi connectivity index (χ4n) is 4.40. The number of carboxylic acid groups (broad SMARTS) is 1. The maximum atomic E-state index is 13.3. The maximum Gasteiger partial charge on any atom is 1.00 e. The third kappa shape index (κ3) is 8.53. The van der Waals surface area contributed by atoms with Gasteiger partial charge >= 0.3 is 18.9 Å². The van der Waals surface area contributed by atoms with Gasteiger partial charge in [0.15, 0.2) is 0 Å². The Balaban J connectivity index is 0.00000441. The first kappa shape index (κ1) is 31.1. The van der Waals surface area contributed by atoms with Crippen molar-refractivity contribution in [2.45, 2.75) is 32.2 Å². The summed E-state index contributed by atoms with van der Waals surface area (Å²) in [5.74, 6) is 0.514. The van der Waals surface area contributed by atoms with Crippen molar-refractivity contribution in [3.63, 3.8) is 0 Å². The van der Waals surface area contributed by atoms with Gasteiger partial charge in [0, 0.05) is 5.56 Å². The van der Waals surface area contributed by atoms with Crippen molar-refractivity contribution >= 4 is 23.6 Å². The van der Waals surface area contributed by atoms with Crippen LogP contribution in [0.5, 0.6) is 11.5 Å². The third-order valence-electron chi connectivity index (χ3n) is 6.57. The van der Waals surface area contributed by atoms with Gasteiger partial charge in [-0.25, -0.2) is 0 Å². The van der Waals surface area contributed by atoms with Crippen LogP contribution < -0.4 is 34.0 Å². The summed E-state index contributed by atoms with van der Waals surface area (Å²) in [6, 6.07) is 30.4. The van der Waals surface area contributed by atoms with Gasteiger partial charge in [-0.15, -0.1) is 0 Å². The monoisotopic (exact) mass is 545 g/mol. The first-order valence-electron chi connectivity index (χ1n) is 13.0. The zero-order valence-electron chi connectivity index (χ0n) is 23.2. The molecule has 0 saturated heterocycles. The van der Waals surface area contributed by atoms with E-state index in [1.54, 1.807) is 6.07 Å². The molecule has 0 aliphatic heterocycles. The Morgan fingerprint density at radius 1 is 0.825 bits per heavy atom. The summed E-state index contributed by atoms with van der Waals surface area (Å²) in [5.41, 5.74) is 5.49. The molecule has 0 aliphatic rings. The minimum Gasteiger partial charge on any atom is -0.548 e. The number of amides is 1. The molecule has 0 bridgehead atoms. The predicted octanol–water partition coefficient (Wildman–Crippen LogP) is 2.84. The van der Waals surface area contributed by atoms with Crippen LogP contribution in [0.3, 0.4) is 0 Å². The third-order valence-corrected chi connectivity index (χ3v) is 7.21. The predicted molar refractivity (Wildman–Crippen MR) is 156 cm³/mol. The molecule has 1 atom stereocenters. The number of carbonyl (C=O) groups excluding carboxylic acids is 2. The standard InChI is InChI=1S/C33H33NO4S.Li/c1-23-8-6-7-11-28(23)30-22-25(16-19-29(30)32(35)34-31(33(36)37)20-21-39-2)13-12-24-14-17-27(18-15-24)38-26-9-4-3-5-10-26;/h3-11,14-19,22,31H,12-13,20-21H2,1-2H3,(H,34,35)(H,36,37);/q;+1/p-1/t31-;/m0./s1. The molecule has 4 rings (SSSR count). The van der Waals surface area contributed by atoms with Crippen LogP contribution in [0.2, 0.25) is 0 Å². The Hall–Kier alpha value is -3.43. The quantitative estimate of drug-likeness (QED) is 0.277. The van der Waals surface area contributed by atoms with Gasteiger partial charge in [0.2, 0.25) is 0 Å². The summed E-state index contributed by atoms with van der Waals surface area (Å²) in [7, 11) is 0. The number of aliphatic carboxylic acids is 1. The summed E-state index contributed by atoms with van der Waals surface area (Å²) in [6.07, 6.45) is 3.82. The van der Waals surface area contributed by atoms with E-state index in [1.807, 2.05) is 92.0 Å². The minimum atomic E-state index is -1.27. The van der Waals surface area contributed by atoms with Crippen LogP contribution >= 0.6 is 11.8 Å². The normalized spacial score (nSPS) is 11.2. The largest absolute Gasteiger partial charge is 1.00 e. The Morgan fingerprint density at radius 2 is 1.45 bits per heavy atom. The summed E-state index contributed by atoms with van der Waals surface area (Å²) in [4.78, 5) is 24.9. The van der Waals surface area contributed by atoms with Gasteiger partial charge in [-0.05, 0) is 96.3 Å². The number of benzene rings is 4. The van der Waals surface area contributed by atoms with Crippen LogP contribution in [0.15, 0.2) is 97.1 Å². The number of nitrogens with one attached hydrogen (secondary N) is 1. The molecule has 1 N–H and O–H groups in total. The van der Waals surface area contributed by atoms with E-state index in [9.17, 15) is 14.7 Å². The maximum absolute atomic E-state index is 13.3. The van der Waals surface area contributed by atoms with E-state index in [0.29, 0.717) is 17.7 Å². The first-order valence-corrected chi connectivity index (χ1v) is 14.4. The second-order valence-corrected chi connectivity index (χ2v) is 10.4. The Bertz CT molecular complexity index is 1410. The Labute approximate surface area is 252 Å². The summed E-state index contributed by atoms with van der Waals surface area (Å²) < 4.78 is 5.89. The first-order chi connectivity index (χ1) is 18.9. The van der Waals surface area contributed by atoms with Crippen LogP contribution in [0.4, 0.5) is 0 Å². The molecule has 1 amide bonds. The molecule has 4 aromatic carbocycles. The number of carbonyl (C=O) groups is 2. The zero-order valence-corrected chi connectivity index (χ0v) is 24.0. The fraction of sp³-hybridized carbons (Fsp3) is 0.212. The summed E-state index contributed by atoms with van der Waals surface area (Å²) >= 11 is 1.53. The van der Waals surface area contributed by atoms with E-state index < -0.39 is 17.9 Å². The van der Waals surface area contributed by atoms with Gasteiger partial charge < -0.3 is 20.0 Å². The van der Waals surface area contributed by atoms with Crippen LogP contribution in [0, 0.1) is 6.92 Å². The molecule has 0 unspecified atom stereocenters. The molecule has 4 aromatic rings. The van der Waals surface area contributed by atoms with E-state index in [-0.39, 0.29) is 18.9 Å². The Kier molecular flexibility index (Phi) is 12.0. The number of ether oxygens (including phenoxy) is 1. The molecule has 200 valence electrons. The van der Waals surface area contributed by atoms with Crippen molar-refractivity contribution in [2.75, 3.05) is 12.0 Å². The molecule has 0 fully saturated rings. The molecule has 5 nitrogen and oxygen atoms in total. The van der Waals surface area contributed by atoms with Crippen molar-refractivity contribution in [3.05, 3.63) is 119 Å². The molecule has 0 saturated carbocycles. The van der Waals surface area contributed by atoms with Crippen LogP contribution in [-0.4, -0.2) is 29.9 Å². The van der Waals surface area contributed by atoms with Crippen molar-refractivity contribution < 1.29 is 38.3 Å². The number of rotatable bonds is 12. The zero-order chi connectivity index (χ0) is 27.6. The fourth-order valence-corrected chi connectivity index (χ4v) is 4.87. The van der Waals surface area contributed by atoms with Crippen molar-refractivity contribution in [3.8, 4) is 22.6 Å². The molecular formula is C33H32LiNO4S.